The first-order valence-corrected chi connectivity index (χ1v) is 6.42. The van der Waals surface area contributed by atoms with Crippen LogP contribution in [-0.4, -0.2) is 14.5 Å². The van der Waals surface area contributed by atoms with Gasteiger partial charge in [0.25, 0.3) is 0 Å². The Morgan fingerprint density at radius 1 is 1.22 bits per heavy atom. The molecule has 0 aliphatic heterocycles. The quantitative estimate of drug-likeness (QED) is 0.723. The van der Waals surface area contributed by atoms with E-state index in [0.29, 0.717) is 12.4 Å². The molecule has 0 radical (unpaired) electrons. The molecule has 0 unspecified atom stereocenters. The Balaban J connectivity index is 1.99. The minimum Gasteiger partial charge on any atom is -0.325 e. The van der Waals surface area contributed by atoms with Crippen LogP contribution in [0.1, 0.15) is 5.56 Å². The van der Waals surface area contributed by atoms with Crippen molar-refractivity contribution in [2.24, 2.45) is 0 Å². The number of rotatable bonds is 3. The minimum atomic E-state index is -0.352. The lowest BCUT2D eigenvalue weighted by molar-refractivity contribution is 0.621. The summed E-state index contributed by atoms with van der Waals surface area (Å²) >= 11 is 1.64. The summed E-state index contributed by atoms with van der Waals surface area (Å²) in [5, 5.41) is 4.09. The largest absolute Gasteiger partial charge is 0.325 e. The number of pyridine rings is 1. The fourth-order valence-corrected chi connectivity index (χ4v) is 2.44. The summed E-state index contributed by atoms with van der Waals surface area (Å²) in [4.78, 5) is 8.25. The number of aromatic nitrogens is 3. The van der Waals surface area contributed by atoms with E-state index in [1.807, 2.05) is 22.2 Å². The Morgan fingerprint density at radius 3 is 2.94 bits per heavy atom. The van der Waals surface area contributed by atoms with Crippen molar-refractivity contribution in [3.05, 3.63) is 58.9 Å². The van der Waals surface area contributed by atoms with E-state index in [9.17, 15) is 4.39 Å². The monoisotopic (exact) mass is 259 g/mol. The average Bonchev–Trinajstić information content (AvgIpc) is 3.02. The SMILES string of the molecule is Fc1cccnc1-c1nccn1Cc1ccsc1. The van der Waals surface area contributed by atoms with E-state index in [0.717, 1.165) is 0 Å². The van der Waals surface area contributed by atoms with E-state index in [1.54, 1.807) is 29.8 Å². The number of imidazole rings is 1. The lowest BCUT2D eigenvalue weighted by atomic mass is 10.3. The summed E-state index contributed by atoms with van der Waals surface area (Å²) in [5.74, 6) is 0.203. The molecule has 0 N–H and O–H groups in total. The first-order valence-electron chi connectivity index (χ1n) is 5.47. The molecule has 3 rings (SSSR count). The summed E-state index contributed by atoms with van der Waals surface area (Å²) < 4.78 is 15.6. The molecule has 0 spiro atoms. The second-order valence-electron chi connectivity index (χ2n) is 3.84. The molecular weight excluding hydrogens is 249 g/mol. The molecule has 90 valence electrons. The van der Waals surface area contributed by atoms with Gasteiger partial charge in [-0.25, -0.2) is 14.4 Å². The fourth-order valence-electron chi connectivity index (χ4n) is 1.78. The van der Waals surface area contributed by atoms with E-state index in [4.69, 9.17) is 0 Å². The van der Waals surface area contributed by atoms with Crippen LogP contribution in [0.4, 0.5) is 4.39 Å². The molecule has 0 amide bonds. The predicted octanol–water partition coefficient (Wildman–Crippen LogP) is 3.19. The van der Waals surface area contributed by atoms with Crippen LogP contribution in [0.25, 0.3) is 11.5 Å². The van der Waals surface area contributed by atoms with Crippen molar-refractivity contribution in [2.45, 2.75) is 6.54 Å². The van der Waals surface area contributed by atoms with Gasteiger partial charge in [0.2, 0.25) is 0 Å². The zero-order valence-corrected chi connectivity index (χ0v) is 10.3. The van der Waals surface area contributed by atoms with Gasteiger partial charge in [-0.2, -0.15) is 11.3 Å². The van der Waals surface area contributed by atoms with Crippen molar-refractivity contribution >= 4 is 11.3 Å². The third-order valence-electron chi connectivity index (χ3n) is 2.62. The topological polar surface area (TPSA) is 30.7 Å². The van der Waals surface area contributed by atoms with Gasteiger partial charge in [0.15, 0.2) is 11.6 Å². The summed E-state index contributed by atoms with van der Waals surface area (Å²) in [6.45, 7) is 0.675. The summed E-state index contributed by atoms with van der Waals surface area (Å²) in [5.41, 5.74) is 1.47. The third kappa shape index (κ3) is 2.04. The first-order chi connectivity index (χ1) is 8.84. The first kappa shape index (κ1) is 11.1. The molecule has 3 aromatic heterocycles. The summed E-state index contributed by atoms with van der Waals surface area (Å²) in [6.07, 6.45) is 5.07. The van der Waals surface area contributed by atoms with Crippen LogP contribution in [0, 0.1) is 5.82 Å². The van der Waals surface area contributed by atoms with Crippen LogP contribution >= 0.6 is 11.3 Å². The van der Waals surface area contributed by atoms with Crippen LogP contribution in [0.3, 0.4) is 0 Å². The highest BCUT2D eigenvalue weighted by molar-refractivity contribution is 7.07. The van der Waals surface area contributed by atoms with Gasteiger partial charge in [-0.1, -0.05) is 0 Å². The molecule has 0 aliphatic carbocycles. The van der Waals surface area contributed by atoms with E-state index >= 15 is 0 Å². The van der Waals surface area contributed by atoms with E-state index < -0.39 is 0 Å². The van der Waals surface area contributed by atoms with Crippen molar-refractivity contribution in [2.75, 3.05) is 0 Å². The van der Waals surface area contributed by atoms with Crippen molar-refractivity contribution in [3.8, 4) is 11.5 Å². The second kappa shape index (κ2) is 4.70. The van der Waals surface area contributed by atoms with Gasteiger partial charge in [-0.15, -0.1) is 0 Å². The highest BCUT2D eigenvalue weighted by atomic mass is 32.1. The van der Waals surface area contributed by atoms with E-state index in [2.05, 4.69) is 15.3 Å². The highest BCUT2D eigenvalue weighted by Crippen LogP contribution is 2.19. The molecule has 5 heteroatoms. The van der Waals surface area contributed by atoms with E-state index in [-0.39, 0.29) is 11.5 Å². The predicted molar refractivity (Wildman–Crippen MR) is 68.8 cm³/mol. The van der Waals surface area contributed by atoms with Gasteiger partial charge >= 0.3 is 0 Å². The molecule has 3 nitrogen and oxygen atoms in total. The standard InChI is InChI=1S/C13H10FN3S/c14-11-2-1-4-15-12(11)13-16-5-6-17(13)8-10-3-7-18-9-10/h1-7,9H,8H2. The molecule has 0 aromatic carbocycles. The minimum absolute atomic E-state index is 0.290. The second-order valence-corrected chi connectivity index (χ2v) is 4.62. The van der Waals surface area contributed by atoms with Crippen molar-refractivity contribution in [3.63, 3.8) is 0 Å². The van der Waals surface area contributed by atoms with Crippen LogP contribution in [0.15, 0.2) is 47.5 Å². The number of nitrogens with zero attached hydrogens (tertiary/aromatic N) is 3. The molecule has 0 fully saturated rings. The van der Waals surface area contributed by atoms with Crippen molar-refractivity contribution < 1.29 is 4.39 Å². The van der Waals surface area contributed by atoms with Crippen LogP contribution in [0.5, 0.6) is 0 Å². The number of hydrogen-bond acceptors (Lipinski definition) is 3. The summed E-state index contributed by atoms with van der Waals surface area (Å²) in [6, 6.07) is 5.01. The molecule has 18 heavy (non-hydrogen) atoms. The molecule has 0 bridgehead atoms. The van der Waals surface area contributed by atoms with Gasteiger partial charge in [0.05, 0.1) is 0 Å². The Hall–Kier alpha value is -2.01. The maximum atomic E-state index is 13.7. The molecule has 0 aliphatic rings. The maximum absolute atomic E-state index is 13.7. The molecule has 0 saturated heterocycles. The third-order valence-corrected chi connectivity index (χ3v) is 3.35. The van der Waals surface area contributed by atoms with Crippen LogP contribution < -0.4 is 0 Å². The van der Waals surface area contributed by atoms with Crippen LogP contribution in [-0.2, 0) is 6.54 Å². The highest BCUT2D eigenvalue weighted by Gasteiger charge is 2.12. The Morgan fingerprint density at radius 2 is 2.17 bits per heavy atom. The van der Waals surface area contributed by atoms with Crippen molar-refractivity contribution in [1.82, 2.24) is 14.5 Å². The lowest BCUT2D eigenvalue weighted by Crippen LogP contribution is -2.02. The number of halogens is 1. The molecule has 0 atom stereocenters. The fraction of sp³-hybridized carbons (Fsp3) is 0.0769. The number of thiophene rings is 1. The van der Waals surface area contributed by atoms with Crippen LogP contribution in [0.2, 0.25) is 0 Å². The zero-order valence-electron chi connectivity index (χ0n) is 9.45. The average molecular weight is 259 g/mol. The summed E-state index contributed by atoms with van der Waals surface area (Å²) in [7, 11) is 0. The van der Waals surface area contributed by atoms with Gasteiger partial charge in [-0.3, -0.25) is 0 Å². The Kier molecular flexibility index (Phi) is 2.90. The molecule has 3 heterocycles. The smallest absolute Gasteiger partial charge is 0.162 e. The molecular formula is C13H10FN3S. The van der Waals surface area contributed by atoms with Gasteiger partial charge in [-0.05, 0) is 34.5 Å². The molecule has 0 saturated carbocycles. The zero-order chi connectivity index (χ0) is 12.4. The molecule has 3 aromatic rings. The normalized spacial score (nSPS) is 10.7. The lowest BCUT2D eigenvalue weighted by Gasteiger charge is -2.06. The van der Waals surface area contributed by atoms with Gasteiger partial charge in [0, 0.05) is 25.1 Å². The van der Waals surface area contributed by atoms with Gasteiger partial charge in [0.1, 0.15) is 5.69 Å². The Bertz CT molecular complexity index is 646. The Labute approximate surface area is 108 Å². The maximum Gasteiger partial charge on any atom is 0.162 e. The van der Waals surface area contributed by atoms with Crippen molar-refractivity contribution in [1.29, 1.82) is 0 Å². The van der Waals surface area contributed by atoms with E-state index in [1.165, 1.54) is 11.6 Å². The van der Waals surface area contributed by atoms with Gasteiger partial charge < -0.3 is 4.57 Å². The number of hydrogen-bond donors (Lipinski definition) is 0.